The second-order valence-corrected chi connectivity index (χ2v) is 6.25. The normalized spacial score (nSPS) is 15.3. The van der Waals surface area contributed by atoms with Crippen molar-refractivity contribution in [3.8, 4) is 0 Å². The van der Waals surface area contributed by atoms with E-state index in [-0.39, 0.29) is 5.54 Å². The van der Waals surface area contributed by atoms with Gasteiger partial charge < -0.3 is 4.57 Å². The molecule has 0 aliphatic carbocycles. The van der Waals surface area contributed by atoms with Gasteiger partial charge in [-0.2, -0.15) is 0 Å². The molecule has 0 N–H and O–H groups in total. The van der Waals surface area contributed by atoms with Crippen LogP contribution in [0.15, 0.2) is 60.7 Å². The third kappa shape index (κ3) is 1.99. The molecule has 0 fully saturated rings. The molecule has 1 unspecified atom stereocenters. The van der Waals surface area contributed by atoms with Crippen molar-refractivity contribution in [3.05, 3.63) is 60.7 Å². The van der Waals surface area contributed by atoms with E-state index in [1.54, 1.807) is 0 Å². The molecule has 108 valence electrons. The summed E-state index contributed by atoms with van der Waals surface area (Å²) in [6.07, 6.45) is 4.50. The quantitative estimate of drug-likeness (QED) is 0.538. The SMILES string of the molecule is C/C=C\C(C)(C(C)C)n1c2ccccc2c2ccccc21. The molecule has 2 aromatic carbocycles. The lowest BCUT2D eigenvalue weighted by atomic mass is 9.87. The highest BCUT2D eigenvalue weighted by Gasteiger charge is 2.30. The van der Waals surface area contributed by atoms with E-state index in [2.05, 4.69) is 92.9 Å². The predicted molar refractivity (Wildman–Crippen MR) is 92.7 cm³/mol. The fourth-order valence-corrected chi connectivity index (χ4v) is 3.30. The molecule has 1 atom stereocenters. The third-order valence-corrected chi connectivity index (χ3v) is 4.73. The topological polar surface area (TPSA) is 4.93 Å². The summed E-state index contributed by atoms with van der Waals surface area (Å²) in [5, 5.41) is 2.67. The monoisotopic (exact) mass is 277 g/mol. The van der Waals surface area contributed by atoms with Gasteiger partial charge in [0.15, 0.2) is 0 Å². The second kappa shape index (κ2) is 5.07. The lowest BCUT2D eigenvalue weighted by Crippen LogP contribution is -2.33. The van der Waals surface area contributed by atoms with Gasteiger partial charge in [0.1, 0.15) is 0 Å². The summed E-state index contributed by atoms with van der Waals surface area (Å²) in [5.74, 6) is 0.507. The zero-order valence-corrected chi connectivity index (χ0v) is 13.3. The van der Waals surface area contributed by atoms with E-state index < -0.39 is 0 Å². The van der Waals surface area contributed by atoms with E-state index in [0.29, 0.717) is 5.92 Å². The van der Waals surface area contributed by atoms with Gasteiger partial charge in [0.2, 0.25) is 0 Å². The number of fused-ring (bicyclic) bond motifs is 3. The van der Waals surface area contributed by atoms with E-state index in [1.807, 2.05) is 0 Å². The molecular weight excluding hydrogens is 254 g/mol. The van der Waals surface area contributed by atoms with Crippen LogP contribution >= 0.6 is 0 Å². The van der Waals surface area contributed by atoms with Crippen LogP contribution in [-0.2, 0) is 5.54 Å². The number of rotatable bonds is 3. The first-order chi connectivity index (χ1) is 10.1. The lowest BCUT2D eigenvalue weighted by molar-refractivity contribution is 0.311. The summed E-state index contributed by atoms with van der Waals surface area (Å²) in [4.78, 5) is 0. The first-order valence-corrected chi connectivity index (χ1v) is 7.72. The maximum absolute atomic E-state index is 2.50. The molecule has 0 saturated heterocycles. The van der Waals surface area contributed by atoms with Crippen LogP contribution in [0.4, 0.5) is 0 Å². The van der Waals surface area contributed by atoms with Crippen molar-refractivity contribution < 1.29 is 0 Å². The predicted octanol–water partition coefficient (Wildman–Crippen LogP) is 5.74. The Morgan fingerprint density at radius 3 is 1.81 bits per heavy atom. The summed E-state index contributed by atoms with van der Waals surface area (Å²) in [6.45, 7) is 9.03. The largest absolute Gasteiger partial charge is 0.331 e. The van der Waals surface area contributed by atoms with Crippen molar-refractivity contribution in [2.75, 3.05) is 0 Å². The summed E-state index contributed by atoms with van der Waals surface area (Å²) >= 11 is 0. The van der Waals surface area contributed by atoms with Crippen molar-refractivity contribution in [3.63, 3.8) is 0 Å². The molecule has 1 heterocycles. The minimum atomic E-state index is -0.0303. The van der Waals surface area contributed by atoms with Crippen LogP contribution in [0, 0.1) is 5.92 Å². The zero-order chi connectivity index (χ0) is 15.0. The first kappa shape index (κ1) is 13.9. The number of aromatic nitrogens is 1. The van der Waals surface area contributed by atoms with Crippen LogP contribution in [0.1, 0.15) is 27.7 Å². The molecule has 0 radical (unpaired) electrons. The Balaban J connectivity index is 2.49. The van der Waals surface area contributed by atoms with Crippen molar-refractivity contribution >= 4 is 21.8 Å². The summed E-state index contributed by atoms with van der Waals surface area (Å²) < 4.78 is 2.50. The number of allylic oxidation sites excluding steroid dienone is 2. The lowest BCUT2D eigenvalue weighted by Gasteiger charge is -2.34. The maximum Gasteiger partial charge on any atom is 0.0628 e. The Bertz CT molecular complexity index is 754. The van der Waals surface area contributed by atoms with Crippen molar-refractivity contribution in [1.82, 2.24) is 4.57 Å². The van der Waals surface area contributed by atoms with Crippen molar-refractivity contribution in [1.29, 1.82) is 0 Å². The molecule has 3 aromatic rings. The highest BCUT2D eigenvalue weighted by atomic mass is 15.1. The van der Waals surface area contributed by atoms with Crippen LogP contribution in [0.5, 0.6) is 0 Å². The Hall–Kier alpha value is -2.02. The van der Waals surface area contributed by atoms with Gasteiger partial charge in [-0.1, -0.05) is 62.4 Å². The van der Waals surface area contributed by atoms with Gasteiger partial charge in [0.25, 0.3) is 0 Å². The Morgan fingerprint density at radius 1 is 0.905 bits per heavy atom. The van der Waals surface area contributed by atoms with E-state index in [4.69, 9.17) is 0 Å². The summed E-state index contributed by atoms with van der Waals surface area (Å²) in [7, 11) is 0. The minimum absolute atomic E-state index is 0.0303. The van der Waals surface area contributed by atoms with Crippen LogP contribution in [0.2, 0.25) is 0 Å². The van der Waals surface area contributed by atoms with E-state index in [0.717, 1.165) is 0 Å². The highest BCUT2D eigenvalue weighted by Crippen LogP contribution is 2.38. The molecule has 0 bridgehead atoms. The van der Waals surface area contributed by atoms with Crippen molar-refractivity contribution in [2.24, 2.45) is 5.92 Å². The molecule has 3 rings (SSSR count). The molecular formula is C20H23N. The minimum Gasteiger partial charge on any atom is -0.331 e. The molecule has 1 aromatic heterocycles. The molecule has 0 saturated carbocycles. The highest BCUT2D eigenvalue weighted by molar-refractivity contribution is 6.08. The van der Waals surface area contributed by atoms with Gasteiger partial charge >= 0.3 is 0 Å². The molecule has 0 aliphatic rings. The van der Waals surface area contributed by atoms with E-state index >= 15 is 0 Å². The van der Waals surface area contributed by atoms with Gasteiger partial charge in [-0.25, -0.2) is 0 Å². The van der Waals surface area contributed by atoms with Gasteiger partial charge in [0.05, 0.1) is 5.54 Å². The second-order valence-electron chi connectivity index (χ2n) is 6.25. The summed E-state index contributed by atoms with van der Waals surface area (Å²) in [6, 6.07) is 17.4. The Kier molecular flexibility index (Phi) is 3.36. The van der Waals surface area contributed by atoms with Crippen LogP contribution in [0.3, 0.4) is 0 Å². The number of benzene rings is 2. The summed E-state index contributed by atoms with van der Waals surface area (Å²) in [5.41, 5.74) is 2.60. The fourth-order valence-electron chi connectivity index (χ4n) is 3.30. The van der Waals surface area contributed by atoms with Crippen molar-refractivity contribution in [2.45, 2.75) is 33.2 Å². The van der Waals surface area contributed by atoms with Gasteiger partial charge in [-0.15, -0.1) is 0 Å². The van der Waals surface area contributed by atoms with Gasteiger partial charge in [-0.3, -0.25) is 0 Å². The average Bonchev–Trinajstić information content (AvgIpc) is 2.82. The Labute approximate surface area is 126 Å². The molecule has 0 aliphatic heterocycles. The number of hydrogen-bond acceptors (Lipinski definition) is 0. The molecule has 1 nitrogen and oxygen atoms in total. The van der Waals surface area contributed by atoms with E-state index in [1.165, 1.54) is 21.8 Å². The number of nitrogens with zero attached hydrogens (tertiary/aromatic N) is 1. The Morgan fingerprint density at radius 2 is 1.38 bits per heavy atom. The molecule has 0 amide bonds. The smallest absolute Gasteiger partial charge is 0.0628 e. The average molecular weight is 277 g/mol. The fraction of sp³-hybridized carbons (Fsp3) is 0.300. The number of para-hydroxylation sites is 2. The zero-order valence-electron chi connectivity index (χ0n) is 13.3. The van der Waals surface area contributed by atoms with Gasteiger partial charge in [-0.05, 0) is 31.9 Å². The van der Waals surface area contributed by atoms with Crippen LogP contribution in [0.25, 0.3) is 21.8 Å². The number of hydrogen-bond donors (Lipinski definition) is 0. The standard InChI is InChI=1S/C20H23N/c1-5-14-20(4,15(2)3)21-18-12-8-6-10-16(18)17-11-7-9-13-19(17)21/h5-15H,1-4H3/b14-5-. The maximum atomic E-state index is 2.50. The molecule has 21 heavy (non-hydrogen) atoms. The third-order valence-electron chi connectivity index (χ3n) is 4.73. The van der Waals surface area contributed by atoms with E-state index in [9.17, 15) is 0 Å². The van der Waals surface area contributed by atoms with Crippen LogP contribution < -0.4 is 0 Å². The van der Waals surface area contributed by atoms with Crippen LogP contribution in [-0.4, -0.2) is 4.57 Å². The molecule has 0 spiro atoms. The first-order valence-electron chi connectivity index (χ1n) is 7.72. The van der Waals surface area contributed by atoms with Gasteiger partial charge in [0, 0.05) is 21.8 Å². The molecule has 1 heteroatoms.